The highest BCUT2D eigenvalue weighted by Gasteiger charge is 2.44. The Balaban J connectivity index is 1.60. The van der Waals surface area contributed by atoms with E-state index >= 15 is 4.39 Å². The number of allylic oxidation sites excluding steroid dienone is 1. The molecule has 2 aromatic heterocycles. The van der Waals surface area contributed by atoms with Crippen LogP contribution in [0.2, 0.25) is 0 Å². The molecular formula is C35H37F5N8O2. The number of fused-ring (bicyclic) bond motifs is 3. The lowest BCUT2D eigenvalue weighted by Crippen LogP contribution is -2.67. The van der Waals surface area contributed by atoms with Crippen molar-refractivity contribution in [2.24, 2.45) is 0 Å². The van der Waals surface area contributed by atoms with Crippen LogP contribution in [0.15, 0.2) is 36.4 Å². The molecule has 0 bridgehead atoms. The van der Waals surface area contributed by atoms with Crippen LogP contribution in [0.1, 0.15) is 43.4 Å². The SMILES string of the molecule is COc1c(C)cccc1-c1c(C(F)(F)F)cc2c(nc(N3CC(C)(N(C)C)C3)c3nnn([C@H]4CCN(C(=O)/C=C/CF)[C@H](CC#N)C4)c32)c1F. The number of likely N-dealkylation sites (N-methyl/N-ethyl adjacent to an activating group) is 1. The number of alkyl halides is 4. The normalized spacial score (nSPS) is 19.4. The molecule has 2 aromatic carbocycles. The highest BCUT2D eigenvalue weighted by Crippen LogP contribution is 2.47. The fraction of sp³-hybridized carbons (Fsp3) is 0.457. The maximum atomic E-state index is 17.0. The minimum absolute atomic E-state index is 0.0304. The minimum atomic E-state index is -4.97. The van der Waals surface area contributed by atoms with Crippen LogP contribution in [0.3, 0.4) is 0 Å². The molecule has 2 saturated heterocycles. The number of nitrogens with zero attached hydrogens (tertiary/aromatic N) is 8. The Hall–Kier alpha value is -4.84. The van der Waals surface area contributed by atoms with Crippen molar-refractivity contribution in [3.8, 4) is 22.9 Å². The molecular weight excluding hydrogens is 659 g/mol. The second-order valence-corrected chi connectivity index (χ2v) is 13.4. The number of carbonyl (C=O) groups excluding carboxylic acids is 1. The van der Waals surface area contributed by atoms with Crippen molar-refractivity contribution in [2.45, 2.75) is 56.9 Å². The fourth-order valence-electron chi connectivity index (χ4n) is 7.16. The predicted octanol–water partition coefficient (Wildman–Crippen LogP) is 6.23. The zero-order valence-corrected chi connectivity index (χ0v) is 28.4. The molecule has 0 N–H and O–H groups in total. The van der Waals surface area contributed by atoms with Crippen molar-refractivity contribution in [3.05, 3.63) is 53.4 Å². The Labute approximate surface area is 285 Å². The maximum absolute atomic E-state index is 17.0. The highest BCUT2D eigenvalue weighted by atomic mass is 19.4. The topological polar surface area (TPSA) is 103 Å². The van der Waals surface area contributed by atoms with E-state index in [2.05, 4.69) is 33.2 Å². The predicted molar refractivity (Wildman–Crippen MR) is 178 cm³/mol. The number of benzene rings is 2. The third kappa shape index (κ3) is 5.89. The van der Waals surface area contributed by atoms with Crippen molar-refractivity contribution in [1.82, 2.24) is 29.8 Å². The lowest BCUT2D eigenvalue weighted by atomic mass is 9.90. The molecule has 4 heterocycles. The summed E-state index contributed by atoms with van der Waals surface area (Å²) < 4.78 is 81.6. The third-order valence-corrected chi connectivity index (χ3v) is 10.0. The van der Waals surface area contributed by atoms with Crippen molar-refractivity contribution < 1.29 is 31.5 Å². The zero-order chi connectivity index (χ0) is 36.1. The van der Waals surface area contributed by atoms with Crippen LogP contribution >= 0.6 is 0 Å². The van der Waals surface area contributed by atoms with Crippen molar-refractivity contribution in [2.75, 3.05) is 52.4 Å². The van der Waals surface area contributed by atoms with Gasteiger partial charge in [-0.2, -0.15) is 18.4 Å². The van der Waals surface area contributed by atoms with Gasteiger partial charge in [0.25, 0.3) is 0 Å². The molecule has 2 atom stereocenters. The molecule has 6 rings (SSSR count). The largest absolute Gasteiger partial charge is 0.496 e. The number of pyridine rings is 1. The quantitative estimate of drug-likeness (QED) is 0.158. The minimum Gasteiger partial charge on any atom is -0.496 e. The first-order valence-corrected chi connectivity index (χ1v) is 16.2. The van der Waals surface area contributed by atoms with Crippen LogP contribution in [0, 0.1) is 24.1 Å². The summed E-state index contributed by atoms with van der Waals surface area (Å²) in [5.41, 5.74) is -1.54. The summed E-state index contributed by atoms with van der Waals surface area (Å²) in [5, 5.41) is 18.3. The highest BCUT2D eigenvalue weighted by molar-refractivity contribution is 6.08. The Morgan fingerprint density at radius 3 is 2.62 bits per heavy atom. The van der Waals surface area contributed by atoms with E-state index < -0.39 is 47.8 Å². The molecule has 15 heteroatoms. The van der Waals surface area contributed by atoms with Gasteiger partial charge >= 0.3 is 6.18 Å². The molecule has 0 unspecified atom stereocenters. The summed E-state index contributed by atoms with van der Waals surface area (Å²) in [6.45, 7) is 4.08. The van der Waals surface area contributed by atoms with Gasteiger partial charge in [-0.25, -0.2) is 18.4 Å². The molecule has 4 aromatic rings. The summed E-state index contributed by atoms with van der Waals surface area (Å²) in [6.07, 6.45) is -2.26. The van der Waals surface area contributed by atoms with Gasteiger partial charge in [0.05, 0.1) is 36.7 Å². The van der Waals surface area contributed by atoms with Crippen LogP contribution in [-0.4, -0.2) is 94.8 Å². The van der Waals surface area contributed by atoms with Crippen molar-refractivity contribution in [1.29, 1.82) is 5.26 Å². The zero-order valence-electron chi connectivity index (χ0n) is 28.4. The number of methoxy groups -OCH3 is 1. The van der Waals surface area contributed by atoms with Crippen LogP contribution in [0.25, 0.3) is 33.1 Å². The summed E-state index contributed by atoms with van der Waals surface area (Å²) >= 11 is 0. The summed E-state index contributed by atoms with van der Waals surface area (Å²) in [5.74, 6) is -1.20. The van der Waals surface area contributed by atoms with Crippen molar-refractivity contribution in [3.63, 3.8) is 0 Å². The molecule has 0 saturated carbocycles. The molecule has 0 spiro atoms. The molecule has 2 fully saturated rings. The maximum Gasteiger partial charge on any atom is 0.417 e. The standard InChI is InChI=1S/C35H37F5N8O2/c1-20-8-6-9-23(32(20)50-5)27-25(35(38,39)40)17-24-29(28(27)37)42-33(46-18-34(2,19-46)45(3)4)30-31(24)48(44-43-30)22-12-15-47(21(16-22)11-14-41)26(49)10-7-13-36/h6-10,17,21-22H,11-13,15-16,18-19H2,1-5H3/b10-7+/t21-,22+/m1/s1. The Morgan fingerprint density at radius 2 is 1.98 bits per heavy atom. The van der Waals surface area contributed by atoms with Gasteiger partial charge < -0.3 is 19.4 Å². The van der Waals surface area contributed by atoms with E-state index in [1.54, 1.807) is 19.1 Å². The number of aryl methyl sites for hydroxylation is 1. The van der Waals surface area contributed by atoms with E-state index in [-0.39, 0.29) is 64.0 Å². The second kappa shape index (κ2) is 13.1. The number of amides is 1. The molecule has 264 valence electrons. The number of ether oxygens (including phenoxy) is 1. The van der Waals surface area contributed by atoms with Gasteiger partial charge in [0.1, 0.15) is 23.5 Å². The van der Waals surface area contributed by atoms with Gasteiger partial charge in [-0.3, -0.25) is 4.79 Å². The lowest BCUT2D eigenvalue weighted by Gasteiger charge is -2.52. The van der Waals surface area contributed by atoms with Gasteiger partial charge in [-0.05, 0) is 58.5 Å². The van der Waals surface area contributed by atoms with E-state index in [1.165, 1.54) is 22.8 Å². The third-order valence-electron chi connectivity index (χ3n) is 10.0. The first-order valence-electron chi connectivity index (χ1n) is 16.2. The first-order chi connectivity index (χ1) is 23.7. The fourth-order valence-corrected chi connectivity index (χ4v) is 7.16. The van der Waals surface area contributed by atoms with Crippen LogP contribution < -0.4 is 9.64 Å². The molecule has 2 aliphatic rings. The Kier molecular flexibility index (Phi) is 9.19. The Bertz CT molecular complexity index is 2030. The molecule has 50 heavy (non-hydrogen) atoms. The number of halogens is 5. The second-order valence-electron chi connectivity index (χ2n) is 13.4. The molecule has 10 nitrogen and oxygen atoms in total. The number of hydrogen-bond acceptors (Lipinski definition) is 8. The number of piperidine rings is 1. The number of carbonyl (C=O) groups is 1. The van der Waals surface area contributed by atoms with E-state index in [1.807, 2.05) is 19.0 Å². The van der Waals surface area contributed by atoms with Crippen LogP contribution in [0.5, 0.6) is 5.75 Å². The van der Waals surface area contributed by atoms with Crippen LogP contribution in [-0.2, 0) is 11.0 Å². The summed E-state index contributed by atoms with van der Waals surface area (Å²) in [7, 11) is 5.21. The van der Waals surface area contributed by atoms with Crippen molar-refractivity contribution >= 4 is 33.7 Å². The number of rotatable bonds is 8. The molecule has 0 aliphatic carbocycles. The van der Waals surface area contributed by atoms with Gasteiger partial charge in [0.15, 0.2) is 17.2 Å². The number of anilines is 1. The number of hydrogen-bond donors (Lipinski definition) is 0. The summed E-state index contributed by atoms with van der Waals surface area (Å²) in [4.78, 5) is 22.9. The summed E-state index contributed by atoms with van der Waals surface area (Å²) in [6, 6.07) is 6.50. The van der Waals surface area contributed by atoms with Gasteiger partial charge in [-0.1, -0.05) is 23.4 Å². The number of aromatic nitrogens is 4. The molecule has 2 aliphatic heterocycles. The van der Waals surface area contributed by atoms with E-state index in [9.17, 15) is 27.6 Å². The first kappa shape index (κ1) is 35.0. The smallest absolute Gasteiger partial charge is 0.417 e. The average Bonchev–Trinajstić information content (AvgIpc) is 3.51. The number of nitriles is 1. The van der Waals surface area contributed by atoms with Gasteiger partial charge in [0.2, 0.25) is 5.91 Å². The van der Waals surface area contributed by atoms with Crippen LogP contribution in [0.4, 0.5) is 27.8 Å². The monoisotopic (exact) mass is 696 g/mol. The Morgan fingerprint density at radius 1 is 1.24 bits per heavy atom. The van der Waals surface area contributed by atoms with Gasteiger partial charge in [-0.15, -0.1) is 5.10 Å². The van der Waals surface area contributed by atoms with E-state index in [0.29, 0.717) is 25.1 Å². The van der Waals surface area contributed by atoms with E-state index in [0.717, 1.165) is 18.2 Å². The lowest BCUT2D eigenvalue weighted by molar-refractivity contribution is -0.137. The number of para-hydroxylation sites is 1. The van der Waals surface area contributed by atoms with Gasteiger partial charge in [0, 0.05) is 48.3 Å². The average molecular weight is 697 g/mol. The molecule has 1 amide bonds. The molecule has 0 radical (unpaired) electrons. The van der Waals surface area contributed by atoms with E-state index in [4.69, 9.17) is 4.74 Å². The number of likely N-dealkylation sites (tertiary alicyclic amines) is 1.